The van der Waals surface area contributed by atoms with Crippen LogP contribution in [0.2, 0.25) is 0 Å². The monoisotopic (exact) mass is 398 g/mol. The summed E-state index contributed by atoms with van der Waals surface area (Å²) >= 11 is 0. The summed E-state index contributed by atoms with van der Waals surface area (Å²) < 4.78 is 40.4. The number of anilines is 2. The highest BCUT2D eigenvalue weighted by atomic mass is 32.2. The van der Waals surface area contributed by atoms with Crippen LogP contribution >= 0.6 is 0 Å². The molecule has 0 aliphatic rings. The summed E-state index contributed by atoms with van der Waals surface area (Å²) in [7, 11) is -4.06. The Balaban J connectivity index is 1.90. The molecule has 1 N–H and O–H groups in total. The lowest BCUT2D eigenvalue weighted by Crippen LogP contribution is -2.38. The zero-order valence-electron chi connectivity index (χ0n) is 15.2. The van der Waals surface area contributed by atoms with Crippen LogP contribution in [0.4, 0.5) is 15.8 Å². The highest BCUT2D eigenvalue weighted by Crippen LogP contribution is 2.23. The lowest BCUT2D eigenvalue weighted by atomic mass is 10.2. The molecule has 0 unspecified atom stereocenters. The van der Waals surface area contributed by atoms with E-state index in [-0.39, 0.29) is 4.90 Å². The molecular formula is C21H19FN2O3S. The van der Waals surface area contributed by atoms with Gasteiger partial charge < -0.3 is 5.32 Å². The summed E-state index contributed by atoms with van der Waals surface area (Å²) in [6.07, 6.45) is 0. The Morgan fingerprint density at radius 1 is 0.929 bits per heavy atom. The Kier molecular flexibility index (Phi) is 5.75. The van der Waals surface area contributed by atoms with E-state index in [0.29, 0.717) is 11.4 Å². The van der Waals surface area contributed by atoms with Gasteiger partial charge in [0.25, 0.3) is 10.0 Å². The fourth-order valence-electron chi connectivity index (χ4n) is 2.61. The second kappa shape index (κ2) is 8.22. The van der Waals surface area contributed by atoms with Gasteiger partial charge >= 0.3 is 0 Å². The van der Waals surface area contributed by atoms with E-state index in [9.17, 15) is 17.6 Å². The first-order valence-electron chi connectivity index (χ1n) is 8.56. The van der Waals surface area contributed by atoms with E-state index in [2.05, 4.69) is 5.32 Å². The van der Waals surface area contributed by atoms with Crippen molar-refractivity contribution in [3.63, 3.8) is 0 Å². The summed E-state index contributed by atoms with van der Waals surface area (Å²) in [6.45, 7) is 1.51. The number of carbonyl (C=O) groups is 1. The summed E-state index contributed by atoms with van der Waals surface area (Å²) in [4.78, 5) is 12.4. The van der Waals surface area contributed by atoms with Crippen LogP contribution in [-0.2, 0) is 14.8 Å². The van der Waals surface area contributed by atoms with Gasteiger partial charge in [-0.05, 0) is 55.5 Å². The van der Waals surface area contributed by atoms with Gasteiger partial charge in [-0.2, -0.15) is 0 Å². The minimum absolute atomic E-state index is 0.0964. The van der Waals surface area contributed by atoms with Gasteiger partial charge in [0.1, 0.15) is 12.4 Å². The SMILES string of the molecule is Cc1ccc(NC(=O)CN(c2ccccc2)S(=O)(=O)c2ccc(F)cc2)cc1. The number of halogens is 1. The van der Waals surface area contributed by atoms with Crippen molar-refractivity contribution >= 4 is 27.3 Å². The predicted molar refractivity (Wildman–Crippen MR) is 107 cm³/mol. The quantitative estimate of drug-likeness (QED) is 0.683. The highest BCUT2D eigenvalue weighted by Gasteiger charge is 2.27. The molecule has 3 rings (SSSR count). The predicted octanol–water partition coefficient (Wildman–Crippen LogP) is 3.97. The van der Waals surface area contributed by atoms with Crippen LogP contribution in [0.1, 0.15) is 5.56 Å². The summed E-state index contributed by atoms with van der Waals surface area (Å²) in [6, 6.07) is 20.0. The molecule has 0 aromatic heterocycles. The zero-order chi connectivity index (χ0) is 20.1. The molecule has 0 aliphatic heterocycles. The number of carbonyl (C=O) groups excluding carboxylic acids is 1. The molecule has 0 bridgehead atoms. The Hall–Kier alpha value is -3.19. The first-order chi connectivity index (χ1) is 13.4. The first-order valence-corrected chi connectivity index (χ1v) is 10.0. The fraction of sp³-hybridized carbons (Fsp3) is 0.0952. The maximum Gasteiger partial charge on any atom is 0.264 e. The normalized spacial score (nSPS) is 11.1. The number of amides is 1. The van der Waals surface area contributed by atoms with Gasteiger partial charge in [-0.1, -0.05) is 35.9 Å². The number of nitrogens with zero attached hydrogens (tertiary/aromatic N) is 1. The van der Waals surface area contributed by atoms with Crippen molar-refractivity contribution in [1.29, 1.82) is 0 Å². The molecule has 0 fully saturated rings. The molecule has 3 aromatic rings. The van der Waals surface area contributed by atoms with Crippen LogP contribution in [0.3, 0.4) is 0 Å². The number of aryl methyl sites for hydroxylation is 1. The molecular weight excluding hydrogens is 379 g/mol. The average Bonchev–Trinajstić information content (AvgIpc) is 2.69. The molecule has 144 valence electrons. The number of rotatable bonds is 6. The zero-order valence-corrected chi connectivity index (χ0v) is 16.0. The maximum absolute atomic E-state index is 13.2. The molecule has 28 heavy (non-hydrogen) atoms. The second-order valence-corrected chi connectivity index (χ2v) is 8.08. The fourth-order valence-corrected chi connectivity index (χ4v) is 4.03. The van der Waals surface area contributed by atoms with Gasteiger partial charge in [0, 0.05) is 5.69 Å². The van der Waals surface area contributed by atoms with Gasteiger partial charge in [-0.3, -0.25) is 9.10 Å². The van der Waals surface area contributed by atoms with E-state index in [1.54, 1.807) is 42.5 Å². The molecule has 0 radical (unpaired) electrons. The number of hydrogen-bond acceptors (Lipinski definition) is 3. The van der Waals surface area contributed by atoms with E-state index >= 15 is 0 Å². The van der Waals surface area contributed by atoms with Crippen molar-refractivity contribution in [2.24, 2.45) is 0 Å². The highest BCUT2D eigenvalue weighted by molar-refractivity contribution is 7.92. The Morgan fingerprint density at radius 3 is 2.14 bits per heavy atom. The summed E-state index contributed by atoms with van der Waals surface area (Å²) in [5.74, 6) is -1.03. The van der Waals surface area contributed by atoms with Crippen LogP contribution in [0.5, 0.6) is 0 Å². The largest absolute Gasteiger partial charge is 0.325 e. The van der Waals surface area contributed by atoms with Gasteiger partial charge in [-0.25, -0.2) is 12.8 Å². The molecule has 0 heterocycles. The molecule has 0 spiro atoms. The Morgan fingerprint density at radius 2 is 1.54 bits per heavy atom. The van der Waals surface area contributed by atoms with Crippen molar-refractivity contribution in [2.75, 3.05) is 16.2 Å². The summed E-state index contributed by atoms with van der Waals surface area (Å²) in [5.41, 5.74) is 1.96. The van der Waals surface area contributed by atoms with Gasteiger partial charge in [0.05, 0.1) is 10.6 Å². The van der Waals surface area contributed by atoms with Crippen molar-refractivity contribution in [3.05, 3.63) is 90.2 Å². The molecule has 0 aliphatic carbocycles. The molecule has 0 saturated heterocycles. The average molecular weight is 398 g/mol. The number of hydrogen-bond donors (Lipinski definition) is 1. The Labute approximate surface area is 163 Å². The third kappa shape index (κ3) is 4.55. The number of nitrogens with one attached hydrogen (secondary N) is 1. The second-order valence-electron chi connectivity index (χ2n) is 6.22. The topological polar surface area (TPSA) is 66.5 Å². The minimum Gasteiger partial charge on any atom is -0.325 e. The standard InChI is InChI=1S/C21H19FN2O3S/c1-16-7-11-18(12-8-16)23-21(25)15-24(19-5-3-2-4-6-19)28(26,27)20-13-9-17(22)10-14-20/h2-14H,15H2,1H3,(H,23,25). The van der Waals surface area contributed by atoms with Crippen molar-refractivity contribution < 1.29 is 17.6 Å². The molecule has 5 nitrogen and oxygen atoms in total. The number of benzene rings is 3. The maximum atomic E-state index is 13.2. The van der Waals surface area contributed by atoms with Crippen LogP contribution in [0.25, 0.3) is 0 Å². The van der Waals surface area contributed by atoms with Crippen LogP contribution in [0.15, 0.2) is 83.8 Å². The molecule has 3 aromatic carbocycles. The molecule has 1 amide bonds. The first kappa shape index (κ1) is 19.6. The van der Waals surface area contributed by atoms with E-state index in [0.717, 1.165) is 22.0 Å². The van der Waals surface area contributed by atoms with E-state index in [1.807, 2.05) is 19.1 Å². The Bertz CT molecular complexity index is 1050. The lowest BCUT2D eigenvalue weighted by molar-refractivity contribution is -0.114. The van der Waals surface area contributed by atoms with Crippen molar-refractivity contribution in [3.8, 4) is 0 Å². The third-order valence-electron chi connectivity index (χ3n) is 4.07. The molecule has 0 saturated carbocycles. The smallest absolute Gasteiger partial charge is 0.264 e. The van der Waals surface area contributed by atoms with Crippen LogP contribution in [-0.4, -0.2) is 20.9 Å². The van der Waals surface area contributed by atoms with E-state index in [4.69, 9.17) is 0 Å². The van der Waals surface area contributed by atoms with E-state index in [1.165, 1.54) is 12.1 Å². The lowest BCUT2D eigenvalue weighted by Gasteiger charge is -2.24. The van der Waals surface area contributed by atoms with Crippen LogP contribution < -0.4 is 9.62 Å². The van der Waals surface area contributed by atoms with Crippen LogP contribution in [0, 0.1) is 12.7 Å². The molecule has 0 atom stereocenters. The van der Waals surface area contributed by atoms with Crippen molar-refractivity contribution in [1.82, 2.24) is 0 Å². The van der Waals surface area contributed by atoms with Gasteiger partial charge in [-0.15, -0.1) is 0 Å². The third-order valence-corrected chi connectivity index (χ3v) is 5.86. The molecule has 7 heteroatoms. The minimum atomic E-state index is -4.06. The van der Waals surface area contributed by atoms with Gasteiger partial charge in [0.2, 0.25) is 5.91 Å². The summed E-state index contributed by atoms with van der Waals surface area (Å²) in [5, 5.41) is 2.70. The van der Waals surface area contributed by atoms with Gasteiger partial charge in [0.15, 0.2) is 0 Å². The van der Waals surface area contributed by atoms with Crippen molar-refractivity contribution in [2.45, 2.75) is 11.8 Å². The number of sulfonamides is 1. The van der Waals surface area contributed by atoms with E-state index < -0.39 is 28.3 Å². The number of para-hydroxylation sites is 1.